The fraction of sp³-hybridized carbons (Fsp3) is 0.333. The molecule has 5 nitrogen and oxygen atoms in total. The second-order valence-electron chi connectivity index (χ2n) is 6.33. The Hall–Kier alpha value is -2.48. The highest BCUT2D eigenvalue weighted by Crippen LogP contribution is 2.46. The maximum absolute atomic E-state index is 13.0. The Balaban J connectivity index is 2.10. The van der Waals surface area contributed by atoms with Crippen LogP contribution in [0.2, 0.25) is 0 Å². The molecule has 1 aromatic carbocycles. The van der Waals surface area contributed by atoms with E-state index in [-0.39, 0.29) is 17.6 Å². The Labute approximate surface area is 154 Å². The number of aryl methyl sites for hydroxylation is 1. The molecule has 0 bridgehead atoms. The molecule has 2 atom stereocenters. The lowest BCUT2D eigenvalue weighted by Crippen LogP contribution is -2.52. The molecule has 0 aliphatic carbocycles. The number of aliphatic imine (C=N–C) groups is 1. The maximum Gasteiger partial charge on any atom is 0.387 e. The van der Waals surface area contributed by atoms with Crippen LogP contribution < -0.4 is 10.5 Å². The van der Waals surface area contributed by atoms with Gasteiger partial charge in [0.1, 0.15) is 11.3 Å². The number of rotatable bonds is 4. The van der Waals surface area contributed by atoms with Crippen molar-refractivity contribution in [1.29, 1.82) is 0 Å². The first-order valence-electron chi connectivity index (χ1n) is 7.96. The third-order valence-corrected chi connectivity index (χ3v) is 5.83. The summed E-state index contributed by atoms with van der Waals surface area (Å²) in [6, 6.07) is 8.06. The predicted molar refractivity (Wildman–Crippen MR) is 96.6 cm³/mol. The molecule has 2 aromatic rings. The fourth-order valence-electron chi connectivity index (χ4n) is 3.31. The average molecular weight is 379 g/mol. The summed E-state index contributed by atoms with van der Waals surface area (Å²) in [5, 5.41) is 1.95. The molecule has 3 rings (SSSR count). The van der Waals surface area contributed by atoms with Gasteiger partial charge in [0, 0.05) is 11.9 Å². The van der Waals surface area contributed by atoms with E-state index in [0.29, 0.717) is 5.56 Å². The highest BCUT2D eigenvalue weighted by atomic mass is 32.1. The van der Waals surface area contributed by atoms with E-state index in [9.17, 15) is 13.6 Å². The van der Waals surface area contributed by atoms with Gasteiger partial charge in [-0.25, -0.2) is 4.99 Å². The van der Waals surface area contributed by atoms with Gasteiger partial charge in [-0.3, -0.25) is 9.69 Å². The predicted octanol–water partition coefficient (Wildman–Crippen LogP) is 3.44. The van der Waals surface area contributed by atoms with E-state index in [2.05, 4.69) is 9.73 Å². The van der Waals surface area contributed by atoms with Crippen molar-refractivity contribution < 1.29 is 18.3 Å². The summed E-state index contributed by atoms with van der Waals surface area (Å²) in [5.41, 5.74) is 6.78. The van der Waals surface area contributed by atoms with Crippen LogP contribution in [0, 0.1) is 6.92 Å². The number of halogens is 2. The summed E-state index contributed by atoms with van der Waals surface area (Å²) in [4.78, 5) is 19.9. The number of thiophene rings is 1. The molecule has 1 amide bonds. The summed E-state index contributed by atoms with van der Waals surface area (Å²) in [5.74, 6) is -0.635. The van der Waals surface area contributed by atoms with Crippen LogP contribution in [0.15, 0.2) is 40.7 Å². The van der Waals surface area contributed by atoms with Crippen molar-refractivity contribution in [2.45, 2.75) is 31.9 Å². The number of likely N-dealkylation sites (N-methyl/N-ethyl adjacent to an activating group) is 1. The number of nitrogens with zero attached hydrogens (tertiary/aromatic N) is 2. The van der Waals surface area contributed by atoms with Gasteiger partial charge in [-0.2, -0.15) is 8.78 Å². The highest BCUT2D eigenvalue weighted by molar-refractivity contribution is 7.10. The number of hydrogen-bond acceptors (Lipinski definition) is 5. The van der Waals surface area contributed by atoms with Crippen molar-refractivity contribution in [3.63, 3.8) is 0 Å². The SMILES string of the molecule is Cc1ccsc1C1(C)N=C(N)N(C)C(=O)C1c1ccc(OC(F)F)cc1. The van der Waals surface area contributed by atoms with Crippen LogP contribution in [0.3, 0.4) is 0 Å². The van der Waals surface area contributed by atoms with Crippen molar-refractivity contribution in [1.82, 2.24) is 4.90 Å². The van der Waals surface area contributed by atoms with Gasteiger partial charge in [0.25, 0.3) is 0 Å². The van der Waals surface area contributed by atoms with E-state index in [0.717, 1.165) is 10.4 Å². The molecule has 1 aliphatic rings. The molecule has 1 aromatic heterocycles. The third kappa shape index (κ3) is 3.05. The first kappa shape index (κ1) is 18.3. The van der Waals surface area contributed by atoms with Crippen LogP contribution in [-0.2, 0) is 10.3 Å². The van der Waals surface area contributed by atoms with Gasteiger partial charge in [-0.05, 0) is 48.6 Å². The first-order valence-corrected chi connectivity index (χ1v) is 8.84. The Morgan fingerprint density at radius 1 is 1.31 bits per heavy atom. The van der Waals surface area contributed by atoms with Crippen LogP contribution in [-0.4, -0.2) is 30.4 Å². The molecule has 0 spiro atoms. The smallest absolute Gasteiger partial charge is 0.387 e. The van der Waals surface area contributed by atoms with Gasteiger partial charge in [-0.1, -0.05) is 12.1 Å². The molecule has 138 valence electrons. The molecule has 0 radical (unpaired) electrons. The molecule has 0 saturated carbocycles. The molecular weight excluding hydrogens is 360 g/mol. The number of alkyl halides is 2. The van der Waals surface area contributed by atoms with Crippen LogP contribution in [0.25, 0.3) is 0 Å². The molecule has 1 aliphatic heterocycles. The Kier molecular flexibility index (Phi) is 4.70. The van der Waals surface area contributed by atoms with Crippen LogP contribution in [0.4, 0.5) is 8.78 Å². The molecule has 2 heterocycles. The van der Waals surface area contributed by atoms with Crippen molar-refractivity contribution in [2.75, 3.05) is 7.05 Å². The molecular formula is C18H19F2N3O2S. The normalized spacial score (nSPS) is 23.3. The average Bonchev–Trinajstić information content (AvgIpc) is 3.01. The van der Waals surface area contributed by atoms with Crippen molar-refractivity contribution >= 4 is 23.2 Å². The second-order valence-corrected chi connectivity index (χ2v) is 7.24. The Bertz CT molecular complexity index is 850. The van der Waals surface area contributed by atoms with Gasteiger partial charge >= 0.3 is 6.61 Å². The molecule has 2 N–H and O–H groups in total. The summed E-state index contributed by atoms with van der Waals surface area (Å²) >= 11 is 1.51. The third-order valence-electron chi connectivity index (χ3n) is 4.59. The van der Waals surface area contributed by atoms with Gasteiger partial charge in [-0.15, -0.1) is 11.3 Å². The standard InChI is InChI=1S/C18H19F2N3O2S/c1-10-8-9-26-14(10)18(2)13(15(24)23(3)17(21)22-18)11-4-6-12(7-5-11)25-16(19)20/h4-9,13,16H,1-3H3,(H2,21,22). The maximum atomic E-state index is 13.0. The topological polar surface area (TPSA) is 67.9 Å². The zero-order valence-corrected chi connectivity index (χ0v) is 15.4. The minimum Gasteiger partial charge on any atom is -0.435 e. The lowest BCUT2D eigenvalue weighted by Gasteiger charge is -2.40. The minimum atomic E-state index is -2.90. The number of carbonyl (C=O) groups is 1. The van der Waals surface area contributed by atoms with Crippen molar-refractivity contribution in [3.8, 4) is 5.75 Å². The van der Waals surface area contributed by atoms with Gasteiger partial charge in [0.05, 0.1) is 5.92 Å². The second kappa shape index (κ2) is 6.68. The lowest BCUT2D eigenvalue weighted by molar-refractivity contribution is -0.130. The van der Waals surface area contributed by atoms with E-state index in [1.54, 1.807) is 19.2 Å². The Morgan fingerprint density at radius 3 is 2.50 bits per heavy atom. The van der Waals surface area contributed by atoms with Gasteiger partial charge < -0.3 is 10.5 Å². The van der Waals surface area contributed by atoms with E-state index in [1.165, 1.54) is 28.4 Å². The molecule has 0 saturated heterocycles. The van der Waals surface area contributed by atoms with Gasteiger partial charge in [0.2, 0.25) is 5.91 Å². The fourth-order valence-corrected chi connectivity index (χ4v) is 4.37. The monoisotopic (exact) mass is 379 g/mol. The largest absolute Gasteiger partial charge is 0.435 e. The minimum absolute atomic E-state index is 0.0392. The van der Waals surface area contributed by atoms with Crippen LogP contribution in [0.5, 0.6) is 5.75 Å². The number of hydrogen-bond donors (Lipinski definition) is 1. The molecule has 2 unspecified atom stereocenters. The van der Waals surface area contributed by atoms with Crippen molar-refractivity contribution in [2.24, 2.45) is 10.7 Å². The zero-order chi connectivity index (χ0) is 19.1. The quantitative estimate of drug-likeness (QED) is 0.885. The lowest BCUT2D eigenvalue weighted by atomic mass is 9.77. The zero-order valence-electron chi connectivity index (χ0n) is 14.6. The summed E-state index contributed by atoms with van der Waals surface area (Å²) in [7, 11) is 1.57. The number of benzene rings is 1. The number of carbonyl (C=O) groups excluding carboxylic acids is 1. The molecule has 26 heavy (non-hydrogen) atoms. The van der Waals surface area contributed by atoms with E-state index in [1.807, 2.05) is 25.3 Å². The van der Waals surface area contributed by atoms with Gasteiger partial charge in [0.15, 0.2) is 5.96 Å². The summed E-state index contributed by atoms with van der Waals surface area (Å²) in [6.07, 6.45) is 0. The molecule has 0 fully saturated rings. The number of nitrogens with two attached hydrogens (primary N) is 1. The van der Waals surface area contributed by atoms with Crippen LogP contribution in [0.1, 0.15) is 28.8 Å². The van der Waals surface area contributed by atoms with E-state index < -0.39 is 18.1 Å². The number of ether oxygens (including phenoxy) is 1. The molecule has 8 heteroatoms. The van der Waals surface area contributed by atoms with Crippen molar-refractivity contribution in [3.05, 3.63) is 51.7 Å². The number of guanidine groups is 1. The number of amides is 1. The van der Waals surface area contributed by atoms with E-state index in [4.69, 9.17) is 5.73 Å². The Morgan fingerprint density at radius 2 is 1.96 bits per heavy atom. The van der Waals surface area contributed by atoms with Crippen LogP contribution >= 0.6 is 11.3 Å². The first-order chi connectivity index (χ1) is 12.2. The van der Waals surface area contributed by atoms with E-state index >= 15 is 0 Å². The summed E-state index contributed by atoms with van der Waals surface area (Å²) < 4.78 is 29.1. The summed E-state index contributed by atoms with van der Waals surface area (Å²) in [6.45, 7) is 0.937. The highest BCUT2D eigenvalue weighted by Gasteiger charge is 2.48.